The highest BCUT2D eigenvalue weighted by atomic mass is 35.5. The van der Waals surface area contributed by atoms with Crippen molar-refractivity contribution in [1.29, 1.82) is 0 Å². The molecule has 296 valence electrons. The van der Waals surface area contributed by atoms with Gasteiger partial charge in [0.25, 0.3) is 12.3 Å². The van der Waals surface area contributed by atoms with Crippen molar-refractivity contribution in [3.63, 3.8) is 0 Å². The minimum Gasteiger partial charge on any atom is -0.389 e. The predicted molar refractivity (Wildman–Crippen MR) is 202 cm³/mol. The fourth-order valence-electron chi connectivity index (χ4n) is 7.62. The number of thiazole rings is 1. The number of hydrogen-bond donors (Lipinski definition) is 4. The van der Waals surface area contributed by atoms with Crippen LogP contribution in [0.3, 0.4) is 0 Å². The molecule has 0 aliphatic heterocycles. The molecule has 4 heterocycles. The molecule has 2 aromatic carbocycles. The summed E-state index contributed by atoms with van der Waals surface area (Å²) in [5.74, 6) is -3.57. The van der Waals surface area contributed by atoms with Gasteiger partial charge in [-0.15, -0.1) is 5.92 Å². The number of carbonyl (C=O) groups excluding carboxylic acids is 1. The van der Waals surface area contributed by atoms with Gasteiger partial charge in [-0.3, -0.25) is 14.2 Å². The summed E-state index contributed by atoms with van der Waals surface area (Å²) < 4.78 is 92.0. The maximum Gasteiger partial charge on any atom is 0.294 e. The lowest BCUT2D eigenvalue weighted by molar-refractivity contribution is -0.123. The number of halogens is 7. The van der Waals surface area contributed by atoms with Crippen LogP contribution in [0.5, 0.6) is 0 Å². The van der Waals surface area contributed by atoms with Crippen molar-refractivity contribution in [3.05, 3.63) is 81.3 Å². The number of alkyl halides is 4. The summed E-state index contributed by atoms with van der Waals surface area (Å²) in [5, 5.41) is 25.4. The van der Waals surface area contributed by atoms with Crippen molar-refractivity contribution >= 4 is 61.0 Å². The number of fused-ring (bicyclic) bond motifs is 5. The normalized spacial score (nSPS) is 17.5. The molecular formula is C38H32ClF6N9O2S. The lowest BCUT2D eigenvalue weighted by atomic mass is 9.93. The zero-order valence-electron chi connectivity index (χ0n) is 30.3. The van der Waals surface area contributed by atoms with Gasteiger partial charge in [0.1, 0.15) is 29.6 Å². The number of anilines is 2. The molecule has 6 aromatic rings. The summed E-state index contributed by atoms with van der Waals surface area (Å²) in [6.07, 6.45) is -3.71. The second-order valence-corrected chi connectivity index (χ2v) is 16.1. The van der Waals surface area contributed by atoms with Gasteiger partial charge in [0.05, 0.1) is 49.8 Å². The first kappa shape index (κ1) is 38.5. The van der Waals surface area contributed by atoms with Gasteiger partial charge in [0, 0.05) is 42.8 Å². The van der Waals surface area contributed by atoms with Crippen molar-refractivity contribution in [2.24, 2.45) is 13.0 Å². The van der Waals surface area contributed by atoms with Crippen molar-refractivity contribution in [2.45, 2.75) is 63.1 Å². The van der Waals surface area contributed by atoms with E-state index in [1.54, 1.807) is 39.1 Å². The van der Waals surface area contributed by atoms with Gasteiger partial charge in [0.15, 0.2) is 16.6 Å². The number of nitrogen functional groups attached to an aromatic ring is 1. The van der Waals surface area contributed by atoms with Crippen LogP contribution in [0.4, 0.5) is 37.3 Å². The fraction of sp³-hybridized carbons (Fsp3) is 0.342. The molecule has 0 unspecified atom stereocenters. The molecule has 0 saturated heterocycles. The lowest BCUT2D eigenvalue weighted by Crippen LogP contribution is -2.35. The summed E-state index contributed by atoms with van der Waals surface area (Å²) >= 11 is 7.80. The number of aryl methyl sites for hydroxylation is 1. The van der Waals surface area contributed by atoms with Crippen LogP contribution in [0.2, 0.25) is 5.02 Å². The van der Waals surface area contributed by atoms with Crippen LogP contribution in [-0.4, -0.2) is 52.7 Å². The minimum absolute atomic E-state index is 0.0976. The van der Waals surface area contributed by atoms with E-state index in [1.165, 1.54) is 16.0 Å². The minimum atomic E-state index is -3.62. The number of nitrogens with zero attached hydrogens (tertiary/aromatic N) is 6. The summed E-state index contributed by atoms with van der Waals surface area (Å²) in [7, 11) is 1.65. The summed E-state index contributed by atoms with van der Waals surface area (Å²) in [4.78, 5) is 23.5. The van der Waals surface area contributed by atoms with Crippen molar-refractivity contribution in [2.75, 3.05) is 17.6 Å². The van der Waals surface area contributed by atoms with Crippen LogP contribution < -0.4 is 16.4 Å². The molecule has 0 radical (unpaired) electrons. The van der Waals surface area contributed by atoms with Crippen molar-refractivity contribution in [3.8, 4) is 23.0 Å². The van der Waals surface area contributed by atoms with Crippen LogP contribution in [0, 0.1) is 29.4 Å². The van der Waals surface area contributed by atoms with Gasteiger partial charge in [-0.2, -0.15) is 19.0 Å². The second kappa shape index (κ2) is 13.9. The molecule has 4 aromatic heterocycles. The second-order valence-electron chi connectivity index (χ2n) is 14.7. The molecule has 19 heteroatoms. The van der Waals surface area contributed by atoms with E-state index in [2.05, 4.69) is 37.7 Å². The van der Waals surface area contributed by atoms with Crippen molar-refractivity contribution in [1.82, 2.24) is 34.8 Å². The van der Waals surface area contributed by atoms with Crippen LogP contribution in [0.25, 0.3) is 32.4 Å². The summed E-state index contributed by atoms with van der Waals surface area (Å²) in [6, 6.07) is 6.61. The third-order valence-electron chi connectivity index (χ3n) is 9.96. The molecular weight excluding hydrogens is 796 g/mol. The Morgan fingerprint density at radius 3 is 2.56 bits per heavy atom. The third-order valence-corrected chi connectivity index (χ3v) is 11.2. The molecule has 0 spiro atoms. The molecule has 8 rings (SSSR count). The Morgan fingerprint density at radius 1 is 1.12 bits per heavy atom. The lowest BCUT2D eigenvalue weighted by Gasteiger charge is -2.23. The highest BCUT2D eigenvalue weighted by Gasteiger charge is 2.59. The number of nitrogens with one attached hydrogen (secondary N) is 2. The number of amides is 1. The quantitative estimate of drug-likeness (QED) is 0.0781. The molecule has 0 bridgehead atoms. The van der Waals surface area contributed by atoms with E-state index in [-0.39, 0.29) is 47.7 Å². The first-order chi connectivity index (χ1) is 26.9. The predicted octanol–water partition coefficient (Wildman–Crippen LogP) is 7.39. The number of nitrogens with two attached hydrogens (primary N) is 1. The van der Waals surface area contributed by atoms with E-state index in [0.29, 0.717) is 47.6 Å². The largest absolute Gasteiger partial charge is 0.389 e. The number of benzene rings is 2. The summed E-state index contributed by atoms with van der Waals surface area (Å²) in [6.45, 7) is 2.46. The van der Waals surface area contributed by atoms with E-state index in [0.717, 1.165) is 12.1 Å². The molecule has 57 heavy (non-hydrogen) atoms. The summed E-state index contributed by atoms with van der Waals surface area (Å²) in [5.41, 5.74) is 4.92. The smallest absolute Gasteiger partial charge is 0.294 e. The fourth-order valence-corrected chi connectivity index (χ4v) is 8.71. The molecule has 0 fully saturated rings. The Kier molecular flexibility index (Phi) is 9.40. The van der Waals surface area contributed by atoms with Crippen LogP contribution in [-0.2, 0) is 30.7 Å². The van der Waals surface area contributed by atoms with Crippen LogP contribution >= 0.6 is 22.9 Å². The Balaban J connectivity index is 1.27. The van der Waals surface area contributed by atoms with Gasteiger partial charge in [-0.1, -0.05) is 34.9 Å². The average molecular weight is 828 g/mol. The Labute approximate surface area is 329 Å². The molecule has 2 aliphatic carbocycles. The van der Waals surface area contributed by atoms with Crippen LogP contribution in [0.15, 0.2) is 36.4 Å². The molecule has 5 N–H and O–H groups in total. The van der Waals surface area contributed by atoms with E-state index < -0.39 is 71.3 Å². The van der Waals surface area contributed by atoms with Gasteiger partial charge < -0.3 is 21.5 Å². The number of carbonyl (C=O) groups is 1. The first-order valence-electron chi connectivity index (χ1n) is 17.6. The molecule has 2 aliphatic rings. The standard InChI is InChI=1S/C38H32ClF6N9O2S/c1-37(2,56)15-47-36-50-35-25(57-36)13-21(19-7-8-23(39)28-31(19)53(3)52-34(28)46)29(49-35)24(11-16-9-17(40)12-18(41)10-16)48-26(55)14-54-32-27(30(51-54)33(42)43)20-5-4-6-22(20)38(32,44)45/h7-10,12-13,20,22,24,33,56H,6,11,14-15H2,1-3H3,(H2,46,52)(H,48,55)(H,47,49,50)/t20-,22+,24-/m0/s1. The number of hydrogen-bond acceptors (Lipinski definition) is 9. The first-order valence-corrected chi connectivity index (χ1v) is 18.8. The van der Waals surface area contributed by atoms with E-state index >= 15 is 8.78 Å². The Morgan fingerprint density at radius 2 is 1.86 bits per heavy atom. The zero-order valence-corrected chi connectivity index (χ0v) is 31.8. The maximum atomic E-state index is 15.8. The monoisotopic (exact) mass is 827 g/mol. The molecule has 3 atom stereocenters. The molecule has 1 amide bonds. The van der Waals surface area contributed by atoms with Gasteiger partial charge in [-0.05, 0) is 50.1 Å². The Bertz CT molecular complexity index is 2660. The molecule has 0 saturated carbocycles. The highest BCUT2D eigenvalue weighted by molar-refractivity contribution is 7.22. The van der Waals surface area contributed by atoms with E-state index in [4.69, 9.17) is 22.3 Å². The number of rotatable bonds is 11. The topological polar surface area (TPSA) is 149 Å². The SMILES string of the molecule is Cn1nc(N)c2c(Cl)ccc(-c3cc4sc(NCC(C)(C)O)nc4nc3[C@H](Cc3cc(F)cc(F)c3)NC(=O)Cn3nc(C(F)F)c4c3C(F)(F)[C@@H]3CC#C[C@H]43)c21. The number of pyridine rings is 1. The van der Waals surface area contributed by atoms with Crippen molar-refractivity contribution < 1.29 is 36.2 Å². The number of aromatic nitrogens is 6. The van der Waals surface area contributed by atoms with E-state index in [1.807, 2.05) is 0 Å². The number of aliphatic hydroxyl groups is 1. The average Bonchev–Trinajstić information content (AvgIpc) is 3.92. The van der Waals surface area contributed by atoms with Gasteiger partial charge in [-0.25, -0.2) is 27.5 Å². The van der Waals surface area contributed by atoms with Crippen LogP contribution in [0.1, 0.15) is 66.9 Å². The maximum absolute atomic E-state index is 15.8. The Hall–Kier alpha value is -5.38. The van der Waals surface area contributed by atoms with Gasteiger partial charge in [0.2, 0.25) is 5.91 Å². The molecule has 11 nitrogen and oxygen atoms in total. The zero-order chi connectivity index (χ0) is 40.7. The van der Waals surface area contributed by atoms with E-state index in [9.17, 15) is 27.5 Å². The highest BCUT2D eigenvalue weighted by Crippen LogP contribution is 2.57. The third kappa shape index (κ3) is 6.91. The van der Waals surface area contributed by atoms with Gasteiger partial charge >= 0.3 is 0 Å².